The number of aromatic nitrogens is 1. The van der Waals surface area contributed by atoms with E-state index in [0.29, 0.717) is 11.5 Å². The Labute approximate surface area is 196 Å². The van der Waals surface area contributed by atoms with Crippen LogP contribution >= 0.6 is 34.0 Å². The number of allylic oxidation sites excluding steroid dienone is 1. The van der Waals surface area contributed by atoms with Crippen LogP contribution in [0.1, 0.15) is 5.76 Å². The molecule has 0 saturated carbocycles. The van der Waals surface area contributed by atoms with Gasteiger partial charge in [-0.2, -0.15) is 10.5 Å². The summed E-state index contributed by atoms with van der Waals surface area (Å²) in [5.74, 6) is 0.398. The molecular weight excluding hydrogens is 454 g/mol. The van der Waals surface area contributed by atoms with Crippen LogP contribution in [0.15, 0.2) is 82.2 Å². The molecule has 7 heteroatoms. The maximum atomic E-state index is 9.17. The third-order valence-electron chi connectivity index (χ3n) is 4.75. The Kier molecular flexibility index (Phi) is 5.53. The molecule has 0 unspecified atom stereocenters. The molecule has 4 heterocycles. The summed E-state index contributed by atoms with van der Waals surface area (Å²) >= 11 is 5.15. The minimum absolute atomic E-state index is 0.0311. The Balaban J connectivity index is 1.57. The first-order valence-corrected chi connectivity index (χ1v) is 12.1. The summed E-state index contributed by atoms with van der Waals surface area (Å²) in [4.78, 5) is 5.84. The standard InChI is InChI=1S/C25H13N3OS3/c26-14-16(15-27)13-18-24(17-5-2-1-3-6-17)25(28-29-18)23-11-10-22(32-23)21-9-8-20(31-21)19-7-4-12-30-19/h1-13H. The van der Waals surface area contributed by atoms with Gasteiger partial charge in [0.05, 0.1) is 10.4 Å². The molecule has 1 aromatic carbocycles. The number of thiophene rings is 3. The van der Waals surface area contributed by atoms with Crippen LogP contribution in [0.2, 0.25) is 0 Å². The fraction of sp³-hybridized carbons (Fsp3) is 0. The normalized spacial score (nSPS) is 10.4. The first-order valence-electron chi connectivity index (χ1n) is 9.58. The van der Waals surface area contributed by atoms with E-state index in [4.69, 9.17) is 4.52 Å². The Bertz CT molecular complexity index is 1470. The van der Waals surface area contributed by atoms with Crippen molar-refractivity contribution in [2.24, 2.45) is 0 Å². The van der Waals surface area contributed by atoms with E-state index >= 15 is 0 Å². The highest BCUT2D eigenvalue weighted by molar-refractivity contribution is 7.27. The molecule has 0 bridgehead atoms. The average Bonchev–Trinajstić information content (AvgIpc) is 3.63. The number of benzene rings is 1. The lowest BCUT2D eigenvalue weighted by molar-refractivity contribution is 0.415. The molecule has 4 nitrogen and oxygen atoms in total. The summed E-state index contributed by atoms with van der Waals surface area (Å²) in [5.41, 5.74) is 2.35. The van der Waals surface area contributed by atoms with E-state index in [1.165, 1.54) is 20.7 Å². The summed E-state index contributed by atoms with van der Waals surface area (Å²) in [7, 11) is 0. The second-order valence-electron chi connectivity index (χ2n) is 6.72. The molecule has 152 valence electrons. The van der Waals surface area contributed by atoms with Gasteiger partial charge in [-0.15, -0.1) is 34.0 Å². The van der Waals surface area contributed by atoms with Gasteiger partial charge < -0.3 is 4.52 Å². The van der Waals surface area contributed by atoms with Gasteiger partial charge in [0.2, 0.25) is 0 Å². The maximum absolute atomic E-state index is 9.17. The van der Waals surface area contributed by atoms with E-state index in [0.717, 1.165) is 20.9 Å². The smallest absolute Gasteiger partial charge is 0.170 e. The largest absolute Gasteiger partial charge is 0.356 e. The quantitative estimate of drug-likeness (QED) is 0.246. The molecule has 0 radical (unpaired) electrons. The molecule has 5 aromatic rings. The molecule has 0 saturated heterocycles. The maximum Gasteiger partial charge on any atom is 0.170 e. The Morgan fingerprint density at radius 1 is 0.781 bits per heavy atom. The van der Waals surface area contributed by atoms with Gasteiger partial charge in [-0.1, -0.05) is 41.6 Å². The second kappa shape index (κ2) is 8.78. The number of nitriles is 2. The Hall–Kier alpha value is -3.75. The lowest BCUT2D eigenvalue weighted by atomic mass is 10.0. The molecular formula is C25H13N3OS3. The number of nitrogens with zero attached hydrogens (tertiary/aromatic N) is 3. The van der Waals surface area contributed by atoms with Crippen LogP contribution in [0.5, 0.6) is 0 Å². The van der Waals surface area contributed by atoms with Crippen LogP contribution in [-0.4, -0.2) is 5.16 Å². The molecule has 0 atom stereocenters. The van der Waals surface area contributed by atoms with Crippen LogP contribution in [0, 0.1) is 22.7 Å². The van der Waals surface area contributed by atoms with Crippen molar-refractivity contribution in [2.75, 3.05) is 0 Å². The zero-order valence-corrected chi connectivity index (χ0v) is 18.9. The molecule has 0 aliphatic carbocycles. The summed E-state index contributed by atoms with van der Waals surface area (Å²) in [6, 6.07) is 26.2. The van der Waals surface area contributed by atoms with E-state index < -0.39 is 0 Å². The SMILES string of the molecule is N#CC(C#N)=Cc1onc(-c2ccc(-c3ccc(-c4cccs4)s3)s2)c1-c1ccccc1. The molecule has 0 fully saturated rings. The molecule has 32 heavy (non-hydrogen) atoms. The van der Waals surface area contributed by atoms with Crippen molar-refractivity contribution in [3.8, 4) is 53.3 Å². The van der Waals surface area contributed by atoms with Crippen LogP contribution < -0.4 is 0 Å². The fourth-order valence-corrected chi connectivity index (χ4v) is 6.22. The van der Waals surface area contributed by atoms with Crippen LogP contribution in [-0.2, 0) is 0 Å². The summed E-state index contributed by atoms with van der Waals surface area (Å²) < 4.78 is 5.59. The van der Waals surface area contributed by atoms with Gasteiger partial charge in [-0.25, -0.2) is 0 Å². The summed E-state index contributed by atoms with van der Waals surface area (Å²) in [6.45, 7) is 0. The topological polar surface area (TPSA) is 73.6 Å². The summed E-state index contributed by atoms with van der Waals surface area (Å²) in [6.07, 6.45) is 1.44. The van der Waals surface area contributed by atoms with Gasteiger partial charge in [-0.05, 0) is 41.3 Å². The van der Waals surface area contributed by atoms with Crippen molar-refractivity contribution in [1.29, 1.82) is 10.5 Å². The molecule has 0 amide bonds. The highest BCUT2D eigenvalue weighted by atomic mass is 32.1. The second-order valence-corrected chi connectivity index (χ2v) is 9.84. The Morgan fingerprint density at radius 2 is 1.44 bits per heavy atom. The lowest BCUT2D eigenvalue weighted by Crippen LogP contribution is -1.82. The average molecular weight is 468 g/mol. The van der Waals surface area contributed by atoms with Gasteiger partial charge in [0.25, 0.3) is 0 Å². The minimum atomic E-state index is -0.0311. The van der Waals surface area contributed by atoms with Crippen LogP contribution in [0.25, 0.3) is 47.3 Å². The lowest BCUT2D eigenvalue weighted by Gasteiger charge is -2.01. The van der Waals surface area contributed by atoms with Gasteiger partial charge >= 0.3 is 0 Å². The predicted molar refractivity (Wildman–Crippen MR) is 131 cm³/mol. The highest BCUT2D eigenvalue weighted by Gasteiger charge is 2.20. The molecule has 4 aromatic heterocycles. The van der Waals surface area contributed by atoms with Crippen molar-refractivity contribution >= 4 is 40.1 Å². The number of hydrogen-bond acceptors (Lipinski definition) is 7. The number of rotatable bonds is 5. The zero-order chi connectivity index (χ0) is 21.9. The first kappa shape index (κ1) is 20.2. The van der Waals surface area contributed by atoms with E-state index in [1.807, 2.05) is 48.5 Å². The first-order chi connectivity index (χ1) is 15.8. The fourth-order valence-electron chi connectivity index (χ4n) is 3.29. The van der Waals surface area contributed by atoms with E-state index in [9.17, 15) is 10.5 Å². The molecule has 0 aliphatic rings. The number of hydrogen-bond donors (Lipinski definition) is 0. The molecule has 5 rings (SSSR count). The van der Waals surface area contributed by atoms with Crippen molar-refractivity contribution in [3.63, 3.8) is 0 Å². The van der Waals surface area contributed by atoms with Gasteiger partial charge in [-0.3, -0.25) is 0 Å². The summed E-state index contributed by atoms with van der Waals surface area (Å²) in [5, 5.41) is 24.7. The predicted octanol–water partition coefficient (Wildman–Crippen LogP) is 7.96. The molecule has 0 N–H and O–H groups in total. The Morgan fingerprint density at radius 3 is 2.09 bits per heavy atom. The van der Waals surface area contributed by atoms with Crippen molar-refractivity contribution in [2.45, 2.75) is 0 Å². The van der Waals surface area contributed by atoms with E-state index in [1.54, 1.807) is 34.0 Å². The molecule has 0 aliphatic heterocycles. The van der Waals surface area contributed by atoms with Gasteiger partial charge in [0.15, 0.2) is 5.76 Å². The minimum Gasteiger partial charge on any atom is -0.356 e. The van der Waals surface area contributed by atoms with Gasteiger partial charge in [0, 0.05) is 25.6 Å². The van der Waals surface area contributed by atoms with Crippen LogP contribution in [0.3, 0.4) is 0 Å². The van der Waals surface area contributed by atoms with Gasteiger partial charge in [0.1, 0.15) is 23.4 Å². The van der Waals surface area contributed by atoms with Crippen LogP contribution in [0.4, 0.5) is 0 Å². The van der Waals surface area contributed by atoms with Crippen molar-refractivity contribution in [3.05, 3.63) is 83.4 Å². The molecule has 0 spiro atoms. The van der Waals surface area contributed by atoms with Crippen molar-refractivity contribution in [1.82, 2.24) is 5.16 Å². The van der Waals surface area contributed by atoms with E-state index in [2.05, 4.69) is 40.9 Å². The van der Waals surface area contributed by atoms with Crippen molar-refractivity contribution < 1.29 is 4.52 Å². The third kappa shape index (κ3) is 3.81. The monoisotopic (exact) mass is 467 g/mol. The third-order valence-corrected chi connectivity index (χ3v) is 8.19. The zero-order valence-electron chi connectivity index (χ0n) is 16.5. The highest BCUT2D eigenvalue weighted by Crippen LogP contribution is 2.43. The van der Waals surface area contributed by atoms with E-state index in [-0.39, 0.29) is 5.57 Å².